The van der Waals surface area contributed by atoms with Crippen LogP contribution in [0.5, 0.6) is 0 Å². The van der Waals surface area contributed by atoms with Gasteiger partial charge in [-0.05, 0) is 0 Å². The molecule has 3 nitrogen and oxygen atoms in total. The average Bonchev–Trinajstić information content (AvgIpc) is 2.53. The minimum atomic E-state index is -0.0527. The predicted octanol–water partition coefficient (Wildman–Crippen LogP) is 2.11. The van der Waals surface area contributed by atoms with Crippen molar-refractivity contribution in [1.29, 1.82) is 0 Å². The zero-order chi connectivity index (χ0) is 15.2. The molecule has 105 valence electrons. The Balaban J connectivity index is 1.92. The van der Waals surface area contributed by atoms with Crippen LogP contribution in [0.15, 0.2) is 54.6 Å². The van der Waals surface area contributed by atoms with Gasteiger partial charge in [-0.3, -0.25) is 0 Å². The number of carbonyl (C=O) groups is 2. The second kappa shape index (κ2) is 7.22. The molecule has 0 unspecified atom stereocenters. The van der Waals surface area contributed by atoms with Gasteiger partial charge in [0.1, 0.15) is 0 Å². The number of benzene rings is 2. The number of Topliss-reactive ketones (excluding diaryl/α,β-unsaturated/α-hetero) is 1. The van der Waals surface area contributed by atoms with Gasteiger partial charge in [-0.2, -0.15) is 0 Å². The standard InChI is InChI=1S/C17H16GeNO2/c1-19(15-9-7-14(18)8-10-15)17(21)12-11-16(20)13-5-3-2-4-6-13/h2-10H,11-12H2,1H3. The van der Waals surface area contributed by atoms with Crippen LogP contribution in [0.2, 0.25) is 0 Å². The fraction of sp³-hybridized carbons (Fsp3) is 0.176. The van der Waals surface area contributed by atoms with Crippen molar-refractivity contribution in [3.05, 3.63) is 60.2 Å². The average molecular weight is 339 g/mol. The van der Waals surface area contributed by atoms with E-state index in [-0.39, 0.29) is 24.5 Å². The number of amides is 1. The predicted molar refractivity (Wildman–Crippen MR) is 85.2 cm³/mol. The molecule has 0 aliphatic carbocycles. The van der Waals surface area contributed by atoms with Gasteiger partial charge in [0.15, 0.2) is 0 Å². The molecule has 0 fully saturated rings. The van der Waals surface area contributed by atoms with Gasteiger partial charge >= 0.3 is 127 Å². The minimum absolute atomic E-state index is 0.00116. The summed E-state index contributed by atoms with van der Waals surface area (Å²) in [5.74, 6) is -0.0515. The summed E-state index contributed by atoms with van der Waals surface area (Å²) < 4.78 is 1.15. The Kier molecular flexibility index (Phi) is 5.33. The van der Waals surface area contributed by atoms with Crippen molar-refractivity contribution in [3.63, 3.8) is 0 Å². The monoisotopic (exact) mass is 340 g/mol. The van der Waals surface area contributed by atoms with Crippen molar-refractivity contribution in [2.45, 2.75) is 12.8 Å². The molecule has 2 aromatic carbocycles. The van der Waals surface area contributed by atoms with Crippen LogP contribution in [0, 0.1) is 0 Å². The first kappa shape index (κ1) is 15.5. The van der Waals surface area contributed by atoms with E-state index in [1.165, 1.54) is 0 Å². The Hall–Kier alpha value is -1.88. The van der Waals surface area contributed by atoms with Gasteiger partial charge in [0.2, 0.25) is 0 Å². The van der Waals surface area contributed by atoms with Crippen LogP contribution in [-0.2, 0) is 4.79 Å². The molecule has 0 N–H and O–H groups in total. The molecule has 1 amide bonds. The zero-order valence-electron chi connectivity index (χ0n) is 11.9. The van der Waals surface area contributed by atoms with E-state index in [0.29, 0.717) is 5.56 Å². The summed E-state index contributed by atoms with van der Waals surface area (Å²) in [5.41, 5.74) is 1.50. The van der Waals surface area contributed by atoms with Crippen molar-refractivity contribution in [2.24, 2.45) is 0 Å². The van der Waals surface area contributed by atoms with Crippen LogP contribution < -0.4 is 9.30 Å². The van der Waals surface area contributed by atoms with Gasteiger partial charge in [0.25, 0.3) is 0 Å². The van der Waals surface area contributed by atoms with E-state index in [0.717, 1.165) is 10.1 Å². The third-order valence-corrected chi connectivity index (χ3v) is 3.99. The molecule has 0 aromatic heterocycles. The number of ketones is 1. The molecular formula is C17H16GeNO2. The van der Waals surface area contributed by atoms with E-state index in [2.05, 4.69) is 0 Å². The summed E-state index contributed by atoms with van der Waals surface area (Å²) in [6, 6.07) is 16.8. The maximum atomic E-state index is 12.1. The second-order valence-electron chi connectivity index (χ2n) is 4.79. The Morgan fingerprint density at radius 1 is 0.952 bits per heavy atom. The van der Waals surface area contributed by atoms with E-state index >= 15 is 0 Å². The molecule has 21 heavy (non-hydrogen) atoms. The van der Waals surface area contributed by atoms with Crippen LogP contribution in [-0.4, -0.2) is 35.3 Å². The van der Waals surface area contributed by atoms with Crippen LogP contribution >= 0.6 is 0 Å². The summed E-state index contributed by atoms with van der Waals surface area (Å²) >= 11 is 2.00. The maximum absolute atomic E-state index is 12.1. The van der Waals surface area contributed by atoms with Gasteiger partial charge in [0.05, 0.1) is 0 Å². The third kappa shape index (κ3) is 4.29. The SMILES string of the molecule is CN(C(=O)CCC(=O)c1ccccc1)c1cc[c]([Ge])cc1. The summed E-state index contributed by atoms with van der Waals surface area (Å²) in [4.78, 5) is 25.7. The fourth-order valence-electron chi connectivity index (χ4n) is 1.99. The van der Waals surface area contributed by atoms with E-state index < -0.39 is 0 Å². The van der Waals surface area contributed by atoms with Gasteiger partial charge < -0.3 is 0 Å². The van der Waals surface area contributed by atoms with Crippen LogP contribution in [0.1, 0.15) is 23.2 Å². The number of nitrogens with zero attached hydrogens (tertiary/aromatic N) is 1. The normalized spacial score (nSPS) is 10.2. The molecule has 0 saturated carbocycles. The van der Waals surface area contributed by atoms with E-state index in [1.807, 2.05) is 59.0 Å². The van der Waals surface area contributed by atoms with Crippen molar-refractivity contribution in [3.8, 4) is 0 Å². The van der Waals surface area contributed by atoms with Gasteiger partial charge in [-0.25, -0.2) is 0 Å². The topological polar surface area (TPSA) is 37.4 Å². The van der Waals surface area contributed by atoms with Crippen LogP contribution in [0.25, 0.3) is 0 Å². The molecule has 0 aliphatic rings. The Morgan fingerprint density at radius 2 is 1.57 bits per heavy atom. The first-order valence-corrected chi connectivity index (χ1v) is 7.79. The number of hydrogen-bond acceptors (Lipinski definition) is 2. The summed E-state index contributed by atoms with van der Waals surface area (Å²) in [5, 5.41) is 0. The molecule has 0 aliphatic heterocycles. The molecular weight excluding hydrogens is 323 g/mol. The van der Waals surface area contributed by atoms with Crippen molar-refractivity contribution < 1.29 is 9.59 Å². The van der Waals surface area contributed by atoms with E-state index in [4.69, 9.17) is 0 Å². The quantitative estimate of drug-likeness (QED) is 0.618. The third-order valence-electron chi connectivity index (χ3n) is 3.29. The molecule has 2 rings (SSSR count). The van der Waals surface area contributed by atoms with Gasteiger partial charge in [-0.15, -0.1) is 0 Å². The molecule has 2 aromatic rings. The zero-order valence-corrected chi connectivity index (χ0v) is 14.0. The van der Waals surface area contributed by atoms with Gasteiger partial charge in [-0.1, -0.05) is 6.07 Å². The van der Waals surface area contributed by atoms with Crippen molar-refractivity contribution >= 4 is 38.3 Å². The molecule has 0 saturated heterocycles. The molecule has 0 atom stereocenters. The Morgan fingerprint density at radius 3 is 2.19 bits per heavy atom. The van der Waals surface area contributed by atoms with E-state index in [1.54, 1.807) is 24.1 Å². The fourth-order valence-corrected chi connectivity index (χ4v) is 2.34. The Labute approximate surface area is 133 Å². The number of hydrogen-bond donors (Lipinski definition) is 0. The molecule has 3 radical (unpaired) electrons. The molecule has 4 heteroatoms. The van der Waals surface area contributed by atoms with Crippen molar-refractivity contribution in [2.75, 3.05) is 11.9 Å². The van der Waals surface area contributed by atoms with Crippen LogP contribution in [0.3, 0.4) is 0 Å². The summed E-state index contributed by atoms with van der Waals surface area (Å²) in [7, 11) is 1.74. The number of anilines is 1. The summed E-state index contributed by atoms with van der Waals surface area (Å²) in [6.45, 7) is 0. The first-order chi connectivity index (χ1) is 10.1. The molecule has 0 heterocycles. The Bertz CT molecular complexity index is 623. The van der Waals surface area contributed by atoms with Gasteiger partial charge in [0, 0.05) is 0 Å². The second-order valence-corrected chi connectivity index (χ2v) is 6.00. The molecule has 0 bridgehead atoms. The van der Waals surface area contributed by atoms with Crippen molar-refractivity contribution in [1.82, 2.24) is 0 Å². The first-order valence-electron chi connectivity index (χ1n) is 6.74. The summed E-state index contributed by atoms with van der Waals surface area (Å²) in [6.07, 6.45) is 0.456. The number of carbonyl (C=O) groups excluding carboxylic acids is 2. The van der Waals surface area contributed by atoms with Crippen LogP contribution in [0.4, 0.5) is 5.69 Å². The number of rotatable bonds is 5. The molecule has 0 spiro atoms. The van der Waals surface area contributed by atoms with E-state index in [9.17, 15) is 9.59 Å².